The van der Waals surface area contributed by atoms with Crippen LogP contribution >= 0.6 is 0 Å². The number of hydrogen-bond acceptors (Lipinski definition) is 3. The number of likely N-dealkylation sites (N-methyl/N-ethyl adjacent to an activating group) is 1. The molecule has 0 spiro atoms. The summed E-state index contributed by atoms with van der Waals surface area (Å²) in [4.78, 5) is 18.7. The molecule has 5 heteroatoms. The van der Waals surface area contributed by atoms with E-state index in [0.29, 0.717) is 22.5 Å². The highest BCUT2D eigenvalue weighted by atomic mass is 16.5. The SMILES string of the molecule is COC(=O)[N+]1(C[C@@H]2C=C3c4cccc5[nH]cc(c45)C[C@H]3N(C)C2)CCC[C@H]1C. The number of benzene rings is 1. The lowest BCUT2D eigenvalue weighted by atomic mass is 9.79. The Labute approximate surface area is 166 Å². The van der Waals surface area contributed by atoms with Crippen molar-refractivity contribution in [1.82, 2.24) is 9.88 Å². The normalized spacial score (nSPS) is 32.2. The maximum absolute atomic E-state index is 12.8. The van der Waals surface area contributed by atoms with Crippen molar-refractivity contribution >= 4 is 22.6 Å². The van der Waals surface area contributed by atoms with Crippen LogP contribution in [-0.2, 0) is 11.2 Å². The van der Waals surface area contributed by atoms with Crippen LogP contribution in [0.4, 0.5) is 4.79 Å². The van der Waals surface area contributed by atoms with Crippen LogP contribution < -0.4 is 0 Å². The van der Waals surface area contributed by atoms with Gasteiger partial charge < -0.3 is 9.72 Å². The average molecular weight is 381 g/mol. The Morgan fingerprint density at radius 2 is 2.25 bits per heavy atom. The first kappa shape index (κ1) is 18.0. The minimum Gasteiger partial charge on any atom is -0.423 e. The molecule has 5 nitrogen and oxygen atoms in total. The third kappa shape index (κ3) is 2.49. The second kappa shape index (κ2) is 6.46. The van der Waals surface area contributed by atoms with Crippen LogP contribution in [0.25, 0.3) is 16.5 Å². The Balaban J connectivity index is 1.55. The molecule has 3 aliphatic rings. The van der Waals surface area contributed by atoms with Crippen LogP contribution in [0.1, 0.15) is 30.9 Å². The fourth-order valence-corrected chi connectivity index (χ4v) is 6.02. The van der Waals surface area contributed by atoms with Crippen molar-refractivity contribution in [3.63, 3.8) is 0 Å². The number of carbonyl (C=O) groups is 1. The molecule has 0 bridgehead atoms. The minimum atomic E-state index is -0.0631. The molecule has 0 saturated carbocycles. The Morgan fingerprint density at radius 1 is 1.39 bits per heavy atom. The number of nitrogens with zero attached hydrogens (tertiary/aromatic N) is 2. The highest BCUT2D eigenvalue weighted by Crippen LogP contribution is 2.41. The molecular formula is C23H30N3O2+. The van der Waals surface area contributed by atoms with Gasteiger partial charge in [0.1, 0.15) is 0 Å². The van der Waals surface area contributed by atoms with Gasteiger partial charge in [0.15, 0.2) is 0 Å². The van der Waals surface area contributed by atoms with Gasteiger partial charge in [0, 0.05) is 48.4 Å². The van der Waals surface area contributed by atoms with E-state index in [9.17, 15) is 4.79 Å². The molecule has 0 radical (unpaired) electrons. The first-order valence-electron chi connectivity index (χ1n) is 10.5. The predicted molar refractivity (Wildman–Crippen MR) is 111 cm³/mol. The van der Waals surface area contributed by atoms with Crippen molar-refractivity contribution in [2.45, 2.75) is 38.3 Å². The van der Waals surface area contributed by atoms with Gasteiger partial charge in [-0.1, -0.05) is 18.2 Å². The molecule has 5 rings (SSSR count). The molecule has 1 saturated heterocycles. The Morgan fingerprint density at radius 3 is 3.00 bits per heavy atom. The Bertz CT molecular complexity index is 962. The zero-order valence-electron chi connectivity index (χ0n) is 17.1. The number of carbonyl (C=O) groups excluding carboxylic acids is 1. The van der Waals surface area contributed by atoms with E-state index in [1.807, 2.05) is 0 Å². The highest BCUT2D eigenvalue weighted by molar-refractivity contribution is 5.98. The molecule has 148 valence electrons. The monoisotopic (exact) mass is 380 g/mol. The summed E-state index contributed by atoms with van der Waals surface area (Å²) < 4.78 is 5.74. The molecule has 2 aromatic rings. The number of ether oxygens (including phenoxy) is 1. The van der Waals surface area contributed by atoms with Gasteiger partial charge >= 0.3 is 6.09 Å². The minimum absolute atomic E-state index is 0.0631. The summed E-state index contributed by atoms with van der Waals surface area (Å²) in [5.41, 5.74) is 5.44. The molecule has 1 unspecified atom stereocenters. The predicted octanol–water partition coefficient (Wildman–Crippen LogP) is 3.80. The topological polar surface area (TPSA) is 45.3 Å². The number of rotatable bonds is 2. The molecule has 1 N–H and O–H groups in total. The van der Waals surface area contributed by atoms with E-state index in [-0.39, 0.29) is 6.09 Å². The van der Waals surface area contributed by atoms with Crippen LogP contribution in [0.3, 0.4) is 0 Å². The van der Waals surface area contributed by atoms with Gasteiger partial charge in [-0.15, -0.1) is 0 Å². The lowest BCUT2D eigenvalue weighted by Gasteiger charge is -2.42. The number of amides is 1. The maximum atomic E-state index is 12.8. The number of methoxy groups -OCH3 is 1. The maximum Gasteiger partial charge on any atom is 0.515 e. The fraction of sp³-hybridized carbons (Fsp3) is 0.522. The first-order chi connectivity index (χ1) is 13.5. The number of hydrogen-bond donors (Lipinski definition) is 1. The van der Waals surface area contributed by atoms with Crippen molar-refractivity contribution < 1.29 is 14.0 Å². The summed E-state index contributed by atoms with van der Waals surface area (Å²) in [6.45, 7) is 4.94. The summed E-state index contributed by atoms with van der Waals surface area (Å²) in [5, 5.41) is 1.38. The van der Waals surface area contributed by atoms with Crippen LogP contribution in [0.2, 0.25) is 0 Å². The van der Waals surface area contributed by atoms with Crippen LogP contribution in [0.5, 0.6) is 0 Å². The summed E-state index contributed by atoms with van der Waals surface area (Å²) in [6.07, 6.45) is 7.84. The Hall–Kier alpha value is -2.11. The lowest BCUT2D eigenvalue weighted by Crippen LogP contribution is -2.58. The van der Waals surface area contributed by atoms with Crippen molar-refractivity contribution in [3.05, 3.63) is 41.6 Å². The molecule has 1 aliphatic carbocycles. The average Bonchev–Trinajstić information content (AvgIpc) is 3.28. The molecule has 4 atom stereocenters. The number of nitrogens with one attached hydrogen (secondary N) is 1. The number of fused-ring (bicyclic) bond motifs is 2. The largest absolute Gasteiger partial charge is 0.515 e. The summed E-state index contributed by atoms with van der Waals surface area (Å²) in [7, 11) is 3.77. The number of likely N-dealkylation sites (tertiary alicyclic amines) is 1. The summed E-state index contributed by atoms with van der Waals surface area (Å²) in [5.74, 6) is 0.353. The highest BCUT2D eigenvalue weighted by Gasteiger charge is 2.49. The zero-order chi connectivity index (χ0) is 19.5. The lowest BCUT2D eigenvalue weighted by molar-refractivity contribution is -0.870. The molecule has 1 aromatic heterocycles. The van der Waals surface area contributed by atoms with Crippen molar-refractivity contribution in [2.75, 3.05) is 33.8 Å². The summed E-state index contributed by atoms with van der Waals surface area (Å²) in [6, 6.07) is 7.33. The number of quaternary nitrogens is 1. The van der Waals surface area contributed by atoms with E-state index in [0.717, 1.165) is 38.9 Å². The molecule has 28 heavy (non-hydrogen) atoms. The molecular weight excluding hydrogens is 350 g/mol. The summed E-state index contributed by atoms with van der Waals surface area (Å²) >= 11 is 0. The van der Waals surface area contributed by atoms with E-state index >= 15 is 0 Å². The second-order valence-corrected chi connectivity index (χ2v) is 8.99. The van der Waals surface area contributed by atoms with Gasteiger partial charge in [0.2, 0.25) is 0 Å². The van der Waals surface area contributed by atoms with Crippen molar-refractivity contribution in [2.24, 2.45) is 5.92 Å². The third-order valence-electron chi connectivity index (χ3n) is 7.46. The van der Waals surface area contributed by atoms with Gasteiger partial charge in [-0.3, -0.25) is 4.90 Å². The first-order valence-corrected chi connectivity index (χ1v) is 10.5. The molecule has 2 aliphatic heterocycles. The van der Waals surface area contributed by atoms with Crippen LogP contribution in [0.15, 0.2) is 30.5 Å². The number of aromatic nitrogens is 1. The standard InChI is InChI=1S/C23H30N3O2/c1-15-6-5-9-26(15,23(27)28-3)14-16-10-19-18-7-4-8-20-22(18)17(12-24-20)11-21(19)25(2)13-16/h4,7-8,10,12,15-16,21,24H,5-6,9,11,13-14H2,1-3H3/q+1/t15-,16-,21-,26?/m1/s1. The molecule has 1 aromatic carbocycles. The zero-order valence-corrected chi connectivity index (χ0v) is 17.1. The van der Waals surface area contributed by atoms with E-state index in [1.165, 1.54) is 34.7 Å². The third-order valence-corrected chi connectivity index (χ3v) is 7.46. The van der Waals surface area contributed by atoms with Crippen LogP contribution in [0, 0.1) is 5.92 Å². The fourth-order valence-electron chi connectivity index (χ4n) is 6.02. The van der Waals surface area contributed by atoms with E-state index in [2.05, 4.69) is 54.3 Å². The van der Waals surface area contributed by atoms with Gasteiger partial charge in [-0.2, -0.15) is 4.79 Å². The smallest absolute Gasteiger partial charge is 0.423 e. The molecule has 1 amide bonds. The van der Waals surface area contributed by atoms with E-state index in [1.54, 1.807) is 0 Å². The van der Waals surface area contributed by atoms with Crippen molar-refractivity contribution in [1.29, 1.82) is 0 Å². The van der Waals surface area contributed by atoms with E-state index < -0.39 is 0 Å². The van der Waals surface area contributed by atoms with Crippen LogP contribution in [-0.4, -0.2) is 66.3 Å². The van der Waals surface area contributed by atoms with Gasteiger partial charge in [-0.05, 0) is 43.2 Å². The van der Waals surface area contributed by atoms with Gasteiger partial charge in [-0.25, -0.2) is 4.48 Å². The van der Waals surface area contributed by atoms with Crippen molar-refractivity contribution in [3.8, 4) is 0 Å². The number of H-pyrrole nitrogens is 1. The molecule has 3 heterocycles. The molecule has 1 fully saturated rings. The quantitative estimate of drug-likeness (QED) is 0.806. The Kier molecular flexibility index (Phi) is 4.14. The van der Waals surface area contributed by atoms with E-state index in [4.69, 9.17) is 4.74 Å². The van der Waals surface area contributed by atoms with Gasteiger partial charge in [0.05, 0.1) is 26.2 Å². The second-order valence-electron chi connectivity index (χ2n) is 8.99. The van der Waals surface area contributed by atoms with Gasteiger partial charge in [0.25, 0.3) is 0 Å². The number of aromatic amines is 1.